The van der Waals surface area contributed by atoms with Crippen LogP contribution in [0.2, 0.25) is 0 Å². The van der Waals surface area contributed by atoms with E-state index in [-0.39, 0.29) is 40.1 Å². The molecule has 0 amide bonds. The first-order valence-corrected chi connectivity index (χ1v) is 10.3. The highest BCUT2D eigenvalue weighted by atomic mass is 32.2. The van der Waals surface area contributed by atoms with Gasteiger partial charge in [0.1, 0.15) is 5.82 Å². The first kappa shape index (κ1) is 18.7. The number of hydrogen-bond acceptors (Lipinski definition) is 9. The van der Waals surface area contributed by atoms with E-state index >= 15 is 0 Å². The van der Waals surface area contributed by atoms with Gasteiger partial charge in [0, 0.05) is 30.6 Å². The average molecular weight is 413 g/mol. The number of hydrogen-bond donors (Lipinski definition) is 1. The van der Waals surface area contributed by atoms with E-state index in [1.165, 1.54) is 12.3 Å². The van der Waals surface area contributed by atoms with Crippen LogP contribution >= 0.6 is 0 Å². The summed E-state index contributed by atoms with van der Waals surface area (Å²) in [5.41, 5.74) is 6.05. The summed E-state index contributed by atoms with van der Waals surface area (Å²) in [6.45, 7) is -1.95. The van der Waals surface area contributed by atoms with E-state index in [2.05, 4.69) is 19.7 Å². The number of ether oxygens (including phenoxy) is 2. The van der Waals surface area contributed by atoms with E-state index in [1.54, 1.807) is 6.07 Å². The van der Waals surface area contributed by atoms with Gasteiger partial charge in [0.2, 0.25) is 15.0 Å². The minimum Gasteiger partial charge on any atom is -0.431 e. The Morgan fingerprint density at radius 3 is 2.75 bits per heavy atom. The van der Waals surface area contributed by atoms with Crippen LogP contribution in [0.5, 0.6) is 5.75 Å². The van der Waals surface area contributed by atoms with Gasteiger partial charge in [-0.1, -0.05) is 0 Å². The second-order valence-electron chi connectivity index (χ2n) is 6.65. The number of alkyl halides is 2. The van der Waals surface area contributed by atoms with E-state index < -0.39 is 16.4 Å². The van der Waals surface area contributed by atoms with Crippen molar-refractivity contribution in [2.75, 3.05) is 30.0 Å². The Morgan fingerprint density at radius 1 is 1.36 bits per heavy atom. The maximum atomic E-state index is 12.6. The zero-order valence-electron chi connectivity index (χ0n) is 14.7. The maximum Gasteiger partial charge on any atom is 0.387 e. The lowest BCUT2D eigenvalue weighted by Gasteiger charge is -2.28. The van der Waals surface area contributed by atoms with Gasteiger partial charge in [0.05, 0.1) is 24.4 Å². The summed E-state index contributed by atoms with van der Waals surface area (Å²) in [7, 11) is -3.71. The molecule has 0 aromatic carbocycles. The number of fused-ring (bicyclic) bond motifs is 2. The Kier molecular flexibility index (Phi) is 4.54. The van der Waals surface area contributed by atoms with Gasteiger partial charge in [-0.25, -0.2) is 23.4 Å². The molecule has 2 N–H and O–H groups in total. The number of nitrogens with zero attached hydrogens (tertiary/aromatic N) is 4. The van der Waals surface area contributed by atoms with Gasteiger partial charge in [0.25, 0.3) is 0 Å². The number of nitrogen functional groups attached to an aromatic ring is 1. The number of aromatic nitrogens is 3. The second kappa shape index (κ2) is 6.78. The third-order valence-corrected chi connectivity index (χ3v) is 5.46. The quantitative estimate of drug-likeness (QED) is 0.718. The fourth-order valence-electron chi connectivity index (χ4n) is 3.34. The van der Waals surface area contributed by atoms with Crippen LogP contribution in [0, 0.1) is 0 Å². The van der Waals surface area contributed by atoms with Crippen molar-refractivity contribution in [2.24, 2.45) is 0 Å². The molecule has 4 rings (SSSR count). The number of morpholine rings is 1. The molecule has 2 atom stereocenters. The standard InChI is InChI=1S/C16H17F2N5O4S/c1-28(24,25)16-21-11(8-2-12(27-15(17)18)14(19)20-5-8)4-13(22-16)23-6-10-3-9(23)7-26-10/h2,4-5,9-10,15H,3,6-7H2,1H3,(H2,19,20)/t9-,10-/m0/s1. The first-order valence-electron chi connectivity index (χ1n) is 8.39. The van der Waals surface area contributed by atoms with Crippen molar-refractivity contribution < 1.29 is 26.7 Å². The lowest BCUT2D eigenvalue weighted by atomic mass is 10.2. The normalized spacial score (nSPS) is 21.5. The molecular formula is C16H17F2N5O4S. The summed E-state index contributed by atoms with van der Waals surface area (Å²) in [4.78, 5) is 14.1. The van der Waals surface area contributed by atoms with Crippen LogP contribution in [0.1, 0.15) is 6.42 Å². The topological polar surface area (TPSA) is 121 Å². The molecule has 9 nitrogen and oxygen atoms in total. The Hall–Kier alpha value is -2.60. The number of anilines is 2. The van der Waals surface area contributed by atoms with Gasteiger partial charge in [-0.15, -0.1) is 0 Å². The van der Waals surface area contributed by atoms with Crippen LogP contribution in [0.4, 0.5) is 20.4 Å². The molecule has 0 spiro atoms. The van der Waals surface area contributed by atoms with Crippen LogP contribution in [0.25, 0.3) is 11.3 Å². The molecule has 2 fully saturated rings. The van der Waals surface area contributed by atoms with E-state index in [4.69, 9.17) is 10.5 Å². The minimum atomic E-state index is -3.71. The SMILES string of the molecule is CS(=O)(=O)c1nc(-c2cnc(N)c(OC(F)F)c2)cc(N2C[C@@H]3C[C@H]2CO3)n1. The van der Waals surface area contributed by atoms with E-state index in [1.807, 2.05) is 4.90 Å². The van der Waals surface area contributed by atoms with E-state index in [9.17, 15) is 17.2 Å². The molecule has 2 aliphatic heterocycles. The Labute approximate surface area is 159 Å². The lowest BCUT2D eigenvalue weighted by Crippen LogP contribution is -2.37. The molecule has 150 valence electrons. The van der Waals surface area contributed by atoms with Crippen LogP contribution in [-0.4, -0.2) is 61.5 Å². The third-order valence-electron chi connectivity index (χ3n) is 4.61. The Bertz CT molecular complexity index is 1020. The number of halogens is 2. The zero-order chi connectivity index (χ0) is 20.1. The van der Waals surface area contributed by atoms with Gasteiger partial charge in [-0.3, -0.25) is 0 Å². The number of sulfone groups is 1. The molecule has 0 aliphatic carbocycles. The Morgan fingerprint density at radius 2 is 2.14 bits per heavy atom. The monoisotopic (exact) mass is 413 g/mol. The molecule has 2 aromatic heterocycles. The average Bonchev–Trinajstić information content (AvgIpc) is 3.25. The number of rotatable bonds is 5. The number of pyridine rings is 1. The van der Waals surface area contributed by atoms with Crippen LogP contribution in [-0.2, 0) is 14.6 Å². The summed E-state index contributed by atoms with van der Waals surface area (Å²) in [6.07, 6.45) is 3.23. The molecular weight excluding hydrogens is 396 g/mol. The molecule has 12 heteroatoms. The highest BCUT2D eigenvalue weighted by molar-refractivity contribution is 7.90. The summed E-state index contributed by atoms with van der Waals surface area (Å²) >= 11 is 0. The predicted molar refractivity (Wildman–Crippen MR) is 94.9 cm³/mol. The summed E-state index contributed by atoms with van der Waals surface area (Å²) in [6, 6.07) is 2.93. The van der Waals surface area contributed by atoms with Gasteiger partial charge in [-0.2, -0.15) is 8.78 Å². The molecule has 4 heterocycles. The molecule has 2 bridgehead atoms. The first-order chi connectivity index (χ1) is 13.2. The molecule has 2 saturated heterocycles. The summed E-state index contributed by atoms with van der Waals surface area (Å²) in [5, 5.41) is -0.364. The molecule has 2 aromatic rings. The summed E-state index contributed by atoms with van der Waals surface area (Å²) in [5.74, 6) is -0.104. The summed E-state index contributed by atoms with van der Waals surface area (Å²) < 4.78 is 59.3. The van der Waals surface area contributed by atoms with E-state index in [0.717, 1.165) is 12.7 Å². The van der Waals surface area contributed by atoms with Crippen molar-refractivity contribution in [1.82, 2.24) is 15.0 Å². The highest BCUT2D eigenvalue weighted by Crippen LogP contribution is 2.34. The fraction of sp³-hybridized carbons (Fsp3) is 0.438. The van der Waals surface area contributed by atoms with Crippen LogP contribution < -0.4 is 15.4 Å². The molecule has 2 aliphatic rings. The highest BCUT2D eigenvalue weighted by Gasteiger charge is 2.40. The van der Waals surface area contributed by atoms with E-state index in [0.29, 0.717) is 19.0 Å². The third kappa shape index (κ3) is 3.56. The minimum absolute atomic E-state index is 0.0781. The smallest absolute Gasteiger partial charge is 0.387 e. The van der Waals surface area contributed by atoms with Crippen LogP contribution in [0.15, 0.2) is 23.5 Å². The molecule has 0 saturated carbocycles. The number of nitrogens with two attached hydrogens (primary N) is 1. The second-order valence-corrected chi connectivity index (χ2v) is 8.56. The van der Waals surface area contributed by atoms with Gasteiger partial charge in [0.15, 0.2) is 11.6 Å². The van der Waals surface area contributed by atoms with Gasteiger partial charge < -0.3 is 20.1 Å². The van der Waals surface area contributed by atoms with Crippen molar-refractivity contribution >= 4 is 21.5 Å². The molecule has 28 heavy (non-hydrogen) atoms. The molecule has 0 radical (unpaired) electrons. The van der Waals surface area contributed by atoms with Crippen molar-refractivity contribution in [3.05, 3.63) is 18.3 Å². The van der Waals surface area contributed by atoms with Crippen molar-refractivity contribution in [3.63, 3.8) is 0 Å². The van der Waals surface area contributed by atoms with Crippen molar-refractivity contribution in [3.8, 4) is 17.0 Å². The van der Waals surface area contributed by atoms with Crippen LogP contribution in [0.3, 0.4) is 0 Å². The largest absolute Gasteiger partial charge is 0.431 e. The Balaban J connectivity index is 1.79. The maximum absolute atomic E-state index is 12.6. The van der Waals surface area contributed by atoms with Crippen molar-refractivity contribution in [1.29, 1.82) is 0 Å². The lowest BCUT2D eigenvalue weighted by molar-refractivity contribution is -0.0494. The predicted octanol–water partition coefficient (Wildman–Crippen LogP) is 1.10. The fourth-order valence-corrected chi connectivity index (χ4v) is 3.86. The van der Waals surface area contributed by atoms with Gasteiger partial charge in [-0.05, 0) is 12.5 Å². The molecule has 0 unspecified atom stereocenters. The van der Waals surface area contributed by atoms with Crippen molar-refractivity contribution in [2.45, 2.75) is 30.3 Å². The van der Waals surface area contributed by atoms with Gasteiger partial charge >= 0.3 is 6.61 Å². The zero-order valence-corrected chi connectivity index (χ0v) is 15.6.